The Labute approximate surface area is 421 Å². The maximum absolute atomic E-state index is 15.2. The summed E-state index contributed by atoms with van der Waals surface area (Å²) in [6.45, 7) is 17.8. The molecular weight excluding hydrogens is 925 g/mol. The van der Waals surface area contributed by atoms with Crippen LogP contribution in [0.1, 0.15) is 96.5 Å². The minimum Gasteiger partial charge on any atom is -0.507 e. The number of anilines is 1. The summed E-state index contributed by atoms with van der Waals surface area (Å²) < 4.78 is 24.7. The molecule has 2 fully saturated rings. The fourth-order valence-electron chi connectivity index (χ4n) is 10.8. The SMILES string of the molecule is C#C[C@H]1[C@@H](OC(=O)CC(=O)NC2CCN(C)C2)[C@H](C)[C@H](O)[C@H](C)[C@@H](O)[C@@H](C)/C=C/C=C(/C)C(=O)Nc2c(O)c3c(O)c(C)c4c(c3c3c2=NC2(CCN(CC(C)C)CC2)N=3)C(=O)[C@@](CC)(O/C=C/[C@@H]1OC)O4. The van der Waals surface area contributed by atoms with Gasteiger partial charge in [-0.3, -0.25) is 29.2 Å². The van der Waals surface area contributed by atoms with E-state index in [0.29, 0.717) is 38.4 Å². The molecule has 72 heavy (non-hydrogen) atoms. The Balaban J connectivity index is 1.34. The van der Waals surface area contributed by atoms with Crippen LogP contribution < -0.4 is 26.1 Å². The van der Waals surface area contributed by atoms with E-state index in [2.05, 4.69) is 40.2 Å². The minimum absolute atomic E-state index is 0.00196. The van der Waals surface area contributed by atoms with Crippen LogP contribution in [0.3, 0.4) is 0 Å². The third kappa shape index (κ3) is 10.5. The number of benzene rings is 2. The maximum Gasteiger partial charge on any atom is 0.315 e. The van der Waals surface area contributed by atoms with Crippen LogP contribution in [0.15, 0.2) is 46.1 Å². The van der Waals surface area contributed by atoms with Gasteiger partial charge < -0.3 is 59.8 Å². The normalized spacial score (nSPS) is 31.7. The van der Waals surface area contributed by atoms with Crippen LogP contribution in [0.25, 0.3) is 10.8 Å². The summed E-state index contributed by atoms with van der Waals surface area (Å²) in [6.07, 6.45) is 9.85. The number of amides is 2. The highest BCUT2D eigenvalue weighted by Gasteiger charge is 2.52. The van der Waals surface area contributed by atoms with Crippen molar-refractivity contribution in [3.05, 3.63) is 58.0 Å². The molecule has 2 saturated heterocycles. The van der Waals surface area contributed by atoms with Crippen molar-refractivity contribution in [2.45, 2.75) is 129 Å². The lowest BCUT2D eigenvalue weighted by Gasteiger charge is -2.37. The van der Waals surface area contributed by atoms with Crippen LogP contribution in [-0.4, -0.2) is 143 Å². The number of carbonyl (C=O) groups is 4. The zero-order valence-electron chi connectivity index (χ0n) is 43.2. The molecule has 0 aliphatic carbocycles. The van der Waals surface area contributed by atoms with E-state index in [9.17, 15) is 34.8 Å². The topological polar surface area (TPSA) is 241 Å². The molecule has 6 N–H and O–H groups in total. The van der Waals surface area contributed by atoms with Crippen molar-refractivity contribution in [3.8, 4) is 29.6 Å². The number of ketones is 1. The fourth-order valence-corrected chi connectivity index (χ4v) is 10.8. The van der Waals surface area contributed by atoms with E-state index in [-0.39, 0.29) is 62.1 Å². The zero-order valence-corrected chi connectivity index (χ0v) is 43.2. The number of hydrogen-bond donors (Lipinski definition) is 6. The highest BCUT2D eigenvalue weighted by Crippen LogP contribution is 2.50. The summed E-state index contributed by atoms with van der Waals surface area (Å²) in [7, 11) is 3.31. The Hall–Kier alpha value is -5.84. The third-order valence-electron chi connectivity index (χ3n) is 15.1. The van der Waals surface area contributed by atoms with Crippen LogP contribution in [0.2, 0.25) is 0 Å². The Morgan fingerprint density at radius 3 is 2.33 bits per heavy atom. The molecule has 6 aliphatic rings. The molecule has 0 aromatic heterocycles. The lowest BCUT2D eigenvalue weighted by Crippen LogP contribution is -2.47. The van der Waals surface area contributed by atoms with Crippen molar-refractivity contribution in [1.29, 1.82) is 0 Å². The maximum atomic E-state index is 15.2. The molecule has 2 aromatic rings. The van der Waals surface area contributed by atoms with Gasteiger partial charge in [-0.1, -0.05) is 65.7 Å². The average Bonchev–Trinajstić information content (AvgIpc) is 4.02. The first-order valence-corrected chi connectivity index (χ1v) is 25.1. The number of esters is 1. The van der Waals surface area contributed by atoms with E-state index < -0.39 is 101 Å². The number of nitrogens with one attached hydrogen (secondary N) is 2. The van der Waals surface area contributed by atoms with Gasteiger partial charge in [0.1, 0.15) is 35.1 Å². The van der Waals surface area contributed by atoms with E-state index in [1.54, 1.807) is 46.8 Å². The van der Waals surface area contributed by atoms with Crippen molar-refractivity contribution in [1.82, 2.24) is 15.1 Å². The van der Waals surface area contributed by atoms with E-state index in [4.69, 9.17) is 35.4 Å². The average molecular weight is 997 g/mol. The number of nitrogens with zero attached hydrogens (tertiary/aromatic N) is 4. The molecular formula is C54H72N6O12. The number of phenolic OH excluding ortho intramolecular Hbond substituents is 2. The van der Waals surface area contributed by atoms with Crippen molar-refractivity contribution in [2.75, 3.05) is 52.2 Å². The summed E-state index contributed by atoms with van der Waals surface area (Å²) >= 11 is 0. The largest absolute Gasteiger partial charge is 0.507 e. The minimum atomic E-state index is -2.03. The quantitative estimate of drug-likeness (QED) is 0.0951. The van der Waals surface area contributed by atoms with Gasteiger partial charge in [-0.15, -0.1) is 6.42 Å². The number of rotatable bonds is 8. The molecule has 0 radical (unpaired) electrons. The summed E-state index contributed by atoms with van der Waals surface area (Å²) in [4.78, 5) is 70.7. The van der Waals surface area contributed by atoms with Gasteiger partial charge in [-0.05, 0) is 45.9 Å². The summed E-state index contributed by atoms with van der Waals surface area (Å²) in [6, 6.07) is -0.135. The number of allylic oxidation sites excluding steroid dienone is 2. The molecule has 8 rings (SSSR count). The van der Waals surface area contributed by atoms with Gasteiger partial charge in [0.15, 0.2) is 11.4 Å². The molecule has 1 unspecified atom stereocenters. The van der Waals surface area contributed by atoms with Gasteiger partial charge in [0, 0.05) is 92.9 Å². The fraction of sp³-hybridized carbons (Fsp3) is 0.593. The Morgan fingerprint density at radius 2 is 1.71 bits per heavy atom. The van der Waals surface area contributed by atoms with Crippen LogP contribution in [0.4, 0.5) is 5.69 Å². The zero-order chi connectivity index (χ0) is 52.6. The van der Waals surface area contributed by atoms with Crippen LogP contribution in [-0.2, 0) is 28.6 Å². The van der Waals surface area contributed by atoms with Gasteiger partial charge in [-0.25, -0.2) is 0 Å². The first kappa shape index (κ1) is 53.9. The van der Waals surface area contributed by atoms with Crippen LogP contribution in [0, 0.1) is 48.9 Å². The molecule has 2 amide bonds. The number of phenols is 2. The predicted octanol–water partition coefficient (Wildman–Crippen LogP) is 3.94. The molecule has 2 aromatic carbocycles. The van der Waals surface area contributed by atoms with Gasteiger partial charge in [0.2, 0.25) is 5.91 Å². The molecule has 10 atom stereocenters. The lowest BCUT2D eigenvalue weighted by atomic mass is 9.78. The molecule has 0 saturated carbocycles. The second kappa shape index (κ2) is 21.7. The van der Waals surface area contributed by atoms with Crippen molar-refractivity contribution >= 4 is 40.0 Å². The number of terminal acetylenes is 1. The number of hydrogen-bond acceptors (Lipinski definition) is 16. The molecule has 1 spiro atoms. The van der Waals surface area contributed by atoms with E-state index in [1.807, 2.05) is 7.05 Å². The molecule has 18 heteroatoms. The standard InChI is InChI=1S/C54H72N6O12/c1-12-35-36(69-11)18-24-70-54(13-2)51(67)41-39-40(47(65)33(9)50(41)72-54)48(66)44(43-42(39)57-53(58-43)19-22-60(23-20-53)26-28(3)4)56-52(68)30(6)16-14-15-29(5)45(63)31(7)46(64)32(8)49(35)71-38(62)25-37(61)55-34-17-21-59(10)27-34/h1,14-16,18,24,28-29,31-32,34-36,45-46,49,63-66H,13,17,19-23,25-27H2,2-11H3,(H,55,61)(H,56,68)/b15-14+,24-18+,30-16-/t29-,31+,32+,34?,35+,36-,45-,46+,49-,54-/m0/s1. The molecule has 6 aliphatic heterocycles. The van der Waals surface area contributed by atoms with Crippen LogP contribution >= 0.6 is 0 Å². The summed E-state index contributed by atoms with van der Waals surface area (Å²) in [5, 5.41) is 53.9. The van der Waals surface area contributed by atoms with Gasteiger partial charge in [0.05, 0.1) is 46.8 Å². The molecule has 390 valence electrons. The lowest BCUT2D eigenvalue weighted by molar-refractivity contribution is -0.162. The monoisotopic (exact) mass is 997 g/mol. The van der Waals surface area contributed by atoms with Crippen molar-refractivity contribution in [2.24, 2.45) is 39.6 Å². The first-order valence-electron chi connectivity index (χ1n) is 25.1. The smallest absolute Gasteiger partial charge is 0.315 e. The number of carbonyl (C=O) groups excluding carboxylic acids is 4. The number of methoxy groups -OCH3 is 1. The number of piperidine rings is 1. The van der Waals surface area contributed by atoms with Gasteiger partial charge in [-0.2, -0.15) is 0 Å². The van der Waals surface area contributed by atoms with Crippen LogP contribution in [0.5, 0.6) is 17.2 Å². The number of aliphatic hydroxyl groups is 2. The number of fused-ring (bicyclic) bond motifs is 13. The Kier molecular flexibility index (Phi) is 16.3. The second-order valence-corrected chi connectivity index (χ2v) is 20.8. The van der Waals surface area contributed by atoms with Gasteiger partial charge in [0.25, 0.3) is 11.7 Å². The Morgan fingerprint density at radius 1 is 1.01 bits per heavy atom. The predicted molar refractivity (Wildman–Crippen MR) is 268 cm³/mol. The number of ether oxygens (including phenoxy) is 4. The molecule has 6 heterocycles. The molecule has 18 nitrogen and oxygen atoms in total. The number of aliphatic hydroxyl groups excluding tert-OH is 2. The number of likely N-dealkylation sites (tertiary alicyclic amines) is 2. The Bertz CT molecular complexity index is 2720. The molecule has 5 bridgehead atoms. The third-order valence-corrected chi connectivity index (χ3v) is 15.1. The van der Waals surface area contributed by atoms with Crippen molar-refractivity contribution < 1.29 is 58.6 Å². The first-order chi connectivity index (χ1) is 34.1. The van der Waals surface area contributed by atoms with E-state index in [0.717, 1.165) is 19.5 Å². The summed E-state index contributed by atoms with van der Waals surface area (Å²) in [5.74, 6) is -6.02. The number of likely N-dealkylation sites (N-methyl/N-ethyl adjacent to an activating group) is 1. The van der Waals surface area contributed by atoms with Crippen molar-refractivity contribution in [3.63, 3.8) is 0 Å². The highest BCUT2D eigenvalue weighted by molar-refractivity contribution is 6.19. The van der Waals surface area contributed by atoms with E-state index in [1.165, 1.54) is 32.4 Å². The highest BCUT2D eigenvalue weighted by atomic mass is 16.7. The number of aromatic hydroxyl groups is 2. The number of Topliss-reactive ketones (excluding diaryl/α,β-unsaturated/α-hetero) is 1. The second-order valence-electron chi connectivity index (χ2n) is 20.8. The van der Waals surface area contributed by atoms with Gasteiger partial charge >= 0.3 is 11.8 Å². The summed E-state index contributed by atoms with van der Waals surface area (Å²) in [5.41, 5.74) is -0.759. The van der Waals surface area contributed by atoms with E-state index >= 15 is 4.79 Å².